The van der Waals surface area contributed by atoms with E-state index in [0.717, 1.165) is 19.6 Å². The van der Waals surface area contributed by atoms with Crippen LogP contribution in [0.3, 0.4) is 0 Å². The molecule has 3 heteroatoms. The van der Waals surface area contributed by atoms with Crippen LogP contribution in [0, 0.1) is 0 Å². The zero-order valence-electron chi connectivity index (χ0n) is 11.8. The first-order valence-corrected chi connectivity index (χ1v) is 8.11. The summed E-state index contributed by atoms with van der Waals surface area (Å²) in [5.74, 6) is 0. The molecule has 0 saturated heterocycles. The fraction of sp³-hybridized carbons (Fsp3) is 0.294. The predicted molar refractivity (Wildman–Crippen MR) is 87.4 cm³/mol. The van der Waals surface area contributed by atoms with Crippen LogP contribution in [0.4, 0.5) is 0 Å². The number of rotatable bonds is 6. The Balaban J connectivity index is 1.92. The Labute approximate surface area is 124 Å². The highest BCUT2D eigenvalue weighted by Gasteiger charge is 2.07. The predicted octanol–water partition coefficient (Wildman–Crippen LogP) is 4.25. The van der Waals surface area contributed by atoms with E-state index in [1.165, 1.54) is 28.5 Å². The molecule has 3 rings (SSSR count). The van der Waals surface area contributed by atoms with Crippen molar-refractivity contribution in [3.63, 3.8) is 0 Å². The van der Waals surface area contributed by atoms with Crippen molar-refractivity contribution in [1.29, 1.82) is 0 Å². The van der Waals surface area contributed by atoms with Gasteiger partial charge < -0.3 is 9.88 Å². The molecule has 0 spiro atoms. The van der Waals surface area contributed by atoms with Gasteiger partial charge in [-0.1, -0.05) is 25.1 Å². The van der Waals surface area contributed by atoms with Crippen LogP contribution >= 0.6 is 11.3 Å². The van der Waals surface area contributed by atoms with Gasteiger partial charge in [-0.05, 0) is 52.4 Å². The van der Waals surface area contributed by atoms with Crippen LogP contribution in [0.2, 0.25) is 0 Å². The largest absolute Gasteiger partial charge is 0.343 e. The third kappa shape index (κ3) is 2.79. The molecule has 20 heavy (non-hydrogen) atoms. The molecular formula is C17H20N2S. The first-order valence-electron chi connectivity index (χ1n) is 7.17. The third-order valence-corrected chi connectivity index (χ3v) is 4.28. The summed E-state index contributed by atoms with van der Waals surface area (Å²) >= 11 is 1.76. The van der Waals surface area contributed by atoms with E-state index in [2.05, 4.69) is 64.1 Å². The fourth-order valence-corrected chi connectivity index (χ4v) is 3.25. The van der Waals surface area contributed by atoms with Crippen LogP contribution in [0.15, 0.2) is 47.3 Å². The summed E-state index contributed by atoms with van der Waals surface area (Å²) in [4.78, 5) is 0. The van der Waals surface area contributed by atoms with E-state index in [0.29, 0.717) is 0 Å². The van der Waals surface area contributed by atoms with E-state index in [-0.39, 0.29) is 0 Å². The second-order valence-corrected chi connectivity index (χ2v) is 5.89. The zero-order chi connectivity index (χ0) is 13.8. The van der Waals surface area contributed by atoms with Crippen molar-refractivity contribution in [3.05, 3.63) is 58.4 Å². The molecule has 0 aliphatic carbocycles. The van der Waals surface area contributed by atoms with Gasteiger partial charge >= 0.3 is 0 Å². The summed E-state index contributed by atoms with van der Waals surface area (Å²) in [6.45, 7) is 5.17. The van der Waals surface area contributed by atoms with Gasteiger partial charge in [-0.25, -0.2) is 0 Å². The van der Waals surface area contributed by atoms with E-state index in [1.807, 2.05) is 0 Å². The lowest BCUT2D eigenvalue weighted by Gasteiger charge is -2.10. The number of fused-ring (bicyclic) bond motifs is 1. The highest BCUT2D eigenvalue weighted by molar-refractivity contribution is 7.07. The van der Waals surface area contributed by atoms with Gasteiger partial charge in [0, 0.05) is 19.3 Å². The molecule has 104 valence electrons. The Morgan fingerprint density at radius 3 is 2.95 bits per heavy atom. The Hall–Kier alpha value is -1.58. The minimum absolute atomic E-state index is 0.943. The summed E-state index contributed by atoms with van der Waals surface area (Å²) in [5, 5.41) is 9.21. The van der Waals surface area contributed by atoms with E-state index in [4.69, 9.17) is 0 Å². The minimum atomic E-state index is 0.943. The average molecular weight is 284 g/mol. The molecule has 2 aromatic heterocycles. The van der Waals surface area contributed by atoms with E-state index < -0.39 is 0 Å². The topological polar surface area (TPSA) is 17.0 Å². The summed E-state index contributed by atoms with van der Waals surface area (Å²) < 4.78 is 2.36. The molecule has 0 amide bonds. The molecule has 0 atom stereocenters. The number of para-hydroxylation sites is 1. The maximum absolute atomic E-state index is 3.51. The third-order valence-electron chi connectivity index (χ3n) is 3.55. The van der Waals surface area contributed by atoms with Crippen molar-refractivity contribution in [1.82, 2.24) is 9.88 Å². The number of nitrogens with zero attached hydrogens (tertiary/aromatic N) is 1. The van der Waals surface area contributed by atoms with Crippen LogP contribution < -0.4 is 5.32 Å². The maximum atomic E-state index is 3.51. The first kappa shape index (κ1) is 13.4. The van der Waals surface area contributed by atoms with Crippen molar-refractivity contribution in [2.45, 2.75) is 26.4 Å². The van der Waals surface area contributed by atoms with Gasteiger partial charge in [-0.3, -0.25) is 0 Å². The van der Waals surface area contributed by atoms with E-state index in [1.54, 1.807) is 11.3 Å². The summed E-state index contributed by atoms with van der Waals surface area (Å²) in [6, 6.07) is 11.0. The van der Waals surface area contributed by atoms with Crippen molar-refractivity contribution in [2.24, 2.45) is 0 Å². The van der Waals surface area contributed by atoms with Crippen LogP contribution in [0.1, 0.15) is 24.5 Å². The van der Waals surface area contributed by atoms with Gasteiger partial charge in [0.15, 0.2) is 0 Å². The quantitative estimate of drug-likeness (QED) is 0.670. The van der Waals surface area contributed by atoms with Crippen LogP contribution in [-0.2, 0) is 13.1 Å². The van der Waals surface area contributed by atoms with Gasteiger partial charge in [-0.2, -0.15) is 11.3 Å². The number of thiophene rings is 1. The summed E-state index contributed by atoms with van der Waals surface area (Å²) in [6.07, 6.45) is 3.37. The lowest BCUT2D eigenvalue weighted by Crippen LogP contribution is -2.14. The minimum Gasteiger partial charge on any atom is -0.343 e. The van der Waals surface area contributed by atoms with Gasteiger partial charge in [0.2, 0.25) is 0 Å². The molecule has 2 heterocycles. The smallest absolute Gasteiger partial charge is 0.0529 e. The molecule has 0 saturated carbocycles. The maximum Gasteiger partial charge on any atom is 0.0529 e. The number of benzene rings is 1. The highest BCUT2D eigenvalue weighted by atomic mass is 32.1. The van der Waals surface area contributed by atoms with Gasteiger partial charge in [0.05, 0.1) is 5.52 Å². The Kier molecular flexibility index (Phi) is 4.19. The molecule has 0 aliphatic rings. The highest BCUT2D eigenvalue weighted by Crippen LogP contribution is 2.22. The molecule has 3 aromatic rings. The normalized spacial score (nSPS) is 11.2. The van der Waals surface area contributed by atoms with Crippen molar-refractivity contribution >= 4 is 22.2 Å². The lowest BCUT2D eigenvalue weighted by molar-refractivity contribution is 0.675. The van der Waals surface area contributed by atoms with Crippen molar-refractivity contribution < 1.29 is 0 Å². The fourth-order valence-electron chi connectivity index (χ4n) is 2.59. The first-order chi connectivity index (χ1) is 9.88. The van der Waals surface area contributed by atoms with Crippen LogP contribution in [0.25, 0.3) is 10.9 Å². The lowest BCUT2D eigenvalue weighted by atomic mass is 10.1. The second-order valence-electron chi connectivity index (χ2n) is 5.11. The molecular weight excluding hydrogens is 264 g/mol. The molecule has 0 radical (unpaired) electrons. The second kappa shape index (κ2) is 6.25. The molecule has 1 N–H and O–H groups in total. The summed E-state index contributed by atoms with van der Waals surface area (Å²) in [7, 11) is 0. The monoisotopic (exact) mass is 284 g/mol. The Bertz CT molecular complexity index is 667. The Morgan fingerprint density at radius 1 is 1.20 bits per heavy atom. The molecule has 0 bridgehead atoms. The van der Waals surface area contributed by atoms with Crippen LogP contribution in [0.5, 0.6) is 0 Å². The van der Waals surface area contributed by atoms with Crippen molar-refractivity contribution in [3.8, 4) is 0 Å². The number of nitrogens with one attached hydrogen (secondary N) is 1. The number of hydrogen-bond acceptors (Lipinski definition) is 2. The van der Waals surface area contributed by atoms with E-state index >= 15 is 0 Å². The van der Waals surface area contributed by atoms with Crippen molar-refractivity contribution in [2.75, 3.05) is 6.54 Å². The SMILES string of the molecule is CCCNCc1cccc2ccn(Cc3ccsc3)c12. The number of aromatic nitrogens is 1. The Morgan fingerprint density at radius 2 is 2.15 bits per heavy atom. The van der Waals surface area contributed by atoms with Gasteiger partial charge in [0.1, 0.15) is 0 Å². The molecule has 0 fully saturated rings. The summed E-state index contributed by atoms with van der Waals surface area (Å²) in [5.41, 5.74) is 4.13. The molecule has 0 unspecified atom stereocenters. The molecule has 2 nitrogen and oxygen atoms in total. The van der Waals surface area contributed by atoms with Gasteiger partial charge in [0.25, 0.3) is 0 Å². The van der Waals surface area contributed by atoms with Crippen LogP contribution in [-0.4, -0.2) is 11.1 Å². The van der Waals surface area contributed by atoms with Gasteiger partial charge in [-0.15, -0.1) is 0 Å². The average Bonchev–Trinajstić information content (AvgIpc) is 3.10. The zero-order valence-corrected chi connectivity index (χ0v) is 12.6. The van der Waals surface area contributed by atoms with E-state index in [9.17, 15) is 0 Å². The molecule has 1 aromatic carbocycles. The standard InChI is InChI=1S/C17H20N2S/c1-2-8-18-11-16-5-3-4-15-6-9-19(17(15)16)12-14-7-10-20-13-14/h3-7,9-10,13,18H,2,8,11-12H2,1H3. The molecule has 0 aliphatic heterocycles. The number of hydrogen-bond donors (Lipinski definition) is 1.